The maximum absolute atomic E-state index is 13.9. The van der Waals surface area contributed by atoms with E-state index in [0.717, 1.165) is 24.0 Å². The average molecular weight is 669 g/mol. The number of rotatable bonds is 6. The van der Waals surface area contributed by atoms with Crippen LogP contribution in [0.3, 0.4) is 0 Å². The highest BCUT2D eigenvalue weighted by atomic mass is 79.9. The van der Waals surface area contributed by atoms with E-state index in [0.29, 0.717) is 39.3 Å². The lowest BCUT2D eigenvalue weighted by Gasteiger charge is -2.33. The van der Waals surface area contributed by atoms with Gasteiger partial charge in [0.25, 0.3) is 0 Å². The molecular formula is C28H29BrCl2FN5O4. The molecular weight excluding hydrogens is 640 g/mol. The molecule has 1 amide bonds. The summed E-state index contributed by atoms with van der Waals surface area (Å²) in [4.78, 5) is 18.5. The second-order valence-corrected chi connectivity index (χ2v) is 12.3. The Hall–Kier alpha value is -3.02. The second kappa shape index (κ2) is 11.7. The Bertz CT molecular complexity index is 1590. The number of furan rings is 1. The molecule has 0 aliphatic carbocycles. The average Bonchev–Trinajstić information content (AvgIpc) is 3.52. The molecule has 4 heterocycles. The molecule has 0 atom stereocenters. The van der Waals surface area contributed by atoms with Crippen LogP contribution in [0.2, 0.25) is 10.0 Å². The fourth-order valence-corrected chi connectivity index (χ4v) is 5.95. The summed E-state index contributed by atoms with van der Waals surface area (Å²) in [6.07, 6.45) is 6.80. The van der Waals surface area contributed by atoms with Crippen LogP contribution in [0, 0.1) is 5.82 Å². The first kappa shape index (κ1) is 29.5. The van der Waals surface area contributed by atoms with E-state index in [9.17, 15) is 9.18 Å². The van der Waals surface area contributed by atoms with E-state index in [4.69, 9.17) is 42.8 Å². The zero-order valence-electron chi connectivity index (χ0n) is 22.7. The van der Waals surface area contributed by atoms with E-state index in [2.05, 4.69) is 26.0 Å². The molecule has 3 aromatic heterocycles. The third kappa shape index (κ3) is 6.27. The summed E-state index contributed by atoms with van der Waals surface area (Å²) in [7, 11) is 0. The predicted molar refractivity (Wildman–Crippen MR) is 159 cm³/mol. The lowest BCUT2D eigenvalue weighted by Crippen LogP contribution is -2.42. The highest BCUT2D eigenvalue weighted by molar-refractivity contribution is 9.10. The number of ether oxygens (including phenoxy) is 2. The minimum absolute atomic E-state index is 0.0408. The number of hydrogen-bond donors (Lipinski definition) is 1. The first-order chi connectivity index (χ1) is 19.4. The Morgan fingerprint density at radius 1 is 1.24 bits per heavy atom. The molecule has 0 unspecified atom stereocenters. The van der Waals surface area contributed by atoms with Crippen LogP contribution in [0.15, 0.2) is 39.8 Å². The Morgan fingerprint density at radius 2 is 1.98 bits per heavy atom. The minimum atomic E-state index is -0.553. The van der Waals surface area contributed by atoms with Crippen molar-refractivity contribution >= 4 is 62.0 Å². The molecule has 13 heteroatoms. The summed E-state index contributed by atoms with van der Waals surface area (Å²) in [5, 5.41) is 5.60. The number of anilines is 1. The molecule has 9 nitrogen and oxygen atoms in total. The molecule has 1 aliphatic rings. The molecule has 5 rings (SSSR count). The van der Waals surface area contributed by atoms with E-state index in [1.54, 1.807) is 17.3 Å². The molecule has 1 fully saturated rings. The standard InChI is InChI=1S/C28H29BrCl2FN5O4/c1-28(2,3)41-27(38)36-9-6-16(7-10-36)37-14-15(12-35-37)21-18-13-34-26(33)24(23(18)40-25(21)29)39-11-8-17-19(30)4-5-20(32)22(17)31/h4-5,12-14,16H,6-11H2,1-3H3,(H2,33,34). The van der Waals surface area contributed by atoms with Crippen molar-refractivity contribution in [1.29, 1.82) is 0 Å². The summed E-state index contributed by atoms with van der Waals surface area (Å²) in [6, 6.07) is 2.80. The Labute approximate surface area is 254 Å². The quantitative estimate of drug-likeness (QED) is 0.210. The number of likely N-dealkylation sites (tertiary alicyclic amines) is 1. The zero-order valence-corrected chi connectivity index (χ0v) is 25.8. The zero-order chi connectivity index (χ0) is 29.5. The van der Waals surface area contributed by atoms with Crippen molar-refractivity contribution in [1.82, 2.24) is 19.7 Å². The minimum Gasteiger partial charge on any atom is -0.486 e. The number of carbonyl (C=O) groups excluding carboxylic acids is 1. The highest BCUT2D eigenvalue weighted by Gasteiger charge is 2.29. The van der Waals surface area contributed by atoms with Crippen molar-refractivity contribution in [3.63, 3.8) is 0 Å². The Morgan fingerprint density at radius 3 is 2.68 bits per heavy atom. The van der Waals surface area contributed by atoms with Gasteiger partial charge in [-0.1, -0.05) is 23.2 Å². The molecule has 2 N–H and O–H groups in total. The number of nitrogens with two attached hydrogens (primary N) is 1. The Kier molecular flexibility index (Phi) is 8.41. The molecule has 1 saturated heterocycles. The van der Waals surface area contributed by atoms with Gasteiger partial charge in [-0.3, -0.25) is 4.68 Å². The lowest BCUT2D eigenvalue weighted by atomic mass is 10.1. The highest BCUT2D eigenvalue weighted by Crippen LogP contribution is 2.43. The largest absolute Gasteiger partial charge is 0.486 e. The van der Waals surface area contributed by atoms with Crippen molar-refractivity contribution in [2.24, 2.45) is 0 Å². The monoisotopic (exact) mass is 667 g/mol. The number of benzene rings is 1. The van der Waals surface area contributed by atoms with Gasteiger partial charge in [-0.15, -0.1) is 0 Å². The van der Waals surface area contributed by atoms with E-state index in [1.165, 1.54) is 12.1 Å². The van der Waals surface area contributed by atoms with E-state index in [1.807, 2.05) is 31.6 Å². The van der Waals surface area contributed by atoms with Crippen LogP contribution < -0.4 is 10.5 Å². The van der Waals surface area contributed by atoms with Crippen LogP contribution in [-0.2, 0) is 11.2 Å². The fraction of sp³-hybridized carbons (Fsp3) is 0.393. The van der Waals surface area contributed by atoms with Crippen molar-refractivity contribution in [3.05, 3.63) is 56.8 Å². The first-order valence-corrected chi connectivity index (χ1v) is 14.6. The second-order valence-electron chi connectivity index (χ2n) is 10.8. The molecule has 0 bridgehead atoms. The number of hydrogen-bond acceptors (Lipinski definition) is 7. The van der Waals surface area contributed by atoms with Crippen LogP contribution in [0.5, 0.6) is 5.75 Å². The van der Waals surface area contributed by atoms with Crippen LogP contribution >= 0.6 is 39.1 Å². The number of piperidine rings is 1. The molecule has 0 spiro atoms. The van der Waals surface area contributed by atoms with Crippen LogP contribution in [0.4, 0.5) is 15.0 Å². The van der Waals surface area contributed by atoms with Gasteiger partial charge in [0.15, 0.2) is 16.1 Å². The third-order valence-corrected chi connectivity index (χ3v) is 8.11. The van der Waals surface area contributed by atoms with E-state index < -0.39 is 11.4 Å². The normalized spacial score (nSPS) is 14.6. The van der Waals surface area contributed by atoms with Gasteiger partial charge >= 0.3 is 6.09 Å². The van der Waals surface area contributed by atoms with Gasteiger partial charge in [0, 0.05) is 48.1 Å². The maximum Gasteiger partial charge on any atom is 0.410 e. The molecule has 1 aliphatic heterocycles. The van der Waals surface area contributed by atoms with Gasteiger partial charge in [-0.05, 0) is 67.2 Å². The third-order valence-electron chi connectivity index (χ3n) is 6.79. The number of fused-ring (bicyclic) bond motifs is 1. The summed E-state index contributed by atoms with van der Waals surface area (Å²) >= 11 is 15.8. The number of halogens is 4. The molecule has 218 valence electrons. The number of nitrogens with zero attached hydrogens (tertiary/aromatic N) is 4. The predicted octanol–water partition coefficient (Wildman–Crippen LogP) is 7.68. The van der Waals surface area contributed by atoms with E-state index >= 15 is 0 Å². The van der Waals surface area contributed by atoms with Crippen molar-refractivity contribution in [2.45, 2.75) is 51.7 Å². The van der Waals surface area contributed by atoms with Crippen LogP contribution in [-0.4, -0.2) is 51.1 Å². The molecule has 0 saturated carbocycles. The number of aromatic nitrogens is 3. The molecule has 0 radical (unpaired) electrons. The van der Waals surface area contributed by atoms with Gasteiger partial charge in [-0.2, -0.15) is 5.10 Å². The SMILES string of the molecule is CC(C)(C)OC(=O)N1CCC(n2cc(-c3c(Br)oc4c(OCCc5c(Cl)ccc(F)c5Cl)c(N)ncc34)cn2)CC1. The van der Waals surface area contributed by atoms with Gasteiger partial charge in [0.1, 0.15) is 11.4 Å². The van der Waals surface area contributed by atoms with Gasteiger partial charge in [0.2, 0.25) is 5.75 Å². The number of pyridine rings is 1. The van der Waals surface area contributed by atoms with Crippen LogP contribution in [0.25, 0.3) is 22.1 Å². The topological polar surface area (TPSA) is 109 Å². The number of carbonyl (C=O) groups is 1. The maximum atomic E-state index is 13.9. The first-order valence-electron chi connectivity index (χ1n) is 13.1. The summed E-state index contributed by atoms with van der Waals surface area (Å²) in [5.41, 5.74) is 8.04. The van der Waals surface area contributed by atoms with Gasteiger partial charge in [0.05, 0.1) is 29.3 Å². The summed E-state index contributed by atoms with van der Waals surface area (Å²) in [5.74, 6) is -0.141. The fourth-order valence-electron chi connectivity index (χ4n) is 4.78. The van der Waals surface area contributed by atoms with Crippen molar-refractivity contribution in [2.75, 3.05) is 25.4 Å². The smallest absolute Gasteiger partial charge is 0.410 e. The molecule has 41 heavy (non-hydrogen) atoms. The summed E-state index contributed by atoms with van der Waals surface area (Å²) < 4.78 is 33.8. The molecule has 1 aromatic carbocycles. The lowest BCUT2D eigenvalue weighted by molar-refractivity contribution is 0.0185. The van der Waals surface area contributed by atoms with Gasteiger partial charge < -0.3 is 24.5 Å². The van der Waals surface area contributed by atoms with E-state index in [-0.39, 0.29) is 41.8 Å². The summed E-state index contributed by atoms with van der Waals surface area (Å²) in [6.45, 7) is 6.86. The number of nitrogen functional groups attached to an aromatic ring is 1. The van der Waals surface area contributed by atoms with Gasteiger partial charge in [-0.25, -0.2) is 14.2 Å². The van der Waals surface area contributed by atoms with Crippen LogP contribution in [0.1, 0.15) is 45.2 Å². The van der Waals surface area contributed by atoms with Crippen molar-refractivity contribution in [3.8, 4) is 16.9 Å². The molecule has 4 aromatic rings. The number of amides is 1. The Balaban J connectivity index is 1.32. The van der Waals surface area contributed by atoms with Crippen molar-refractivity contribution < 1.29 is 23.1 Å².